The van der Waals surface area contributed by atoms with E-state index in [1.54, 1.807) is 13.2 Å². The van der Waals surface area contributed by atoms with Crippen molar-refractivity contribution in [2.45, 2.75) is 51.6 Å². The second kappa shape index (κ2) is 12.5. The number of hydrazine groups is 2. The van der Waals surface area contributed by atoms with Crippen LogP contribution in [0.2, 0.25) is 0 Å². The maximum Gasteiger partial charge on any atom is 0.270 e. The van der Waals surface area contributed by atoms with Gasteiger partial charge in [-0.25, -0.2) is 10.5 Å². The lowest BCUT2D eigenvalue weighted by Crippen LogP contribution is -2.46. The Labute approximate surface area is 216 Å². The van der Waals surface area contributed by atoms with Crippen LogP contribution in [-0.4, -0.2) is 59.2 Å². The molecular weight excluding hydrogens is 474 g/mol. The molecule has 0 spiro atoms. The molecule has 4 rings (SSSR count). The second-order valence-corrected chi connectivity index (χ2v) is 9.46. The summed E-state index contributed by atoms with van der Waals surface area (Å²) in [4.78, 5) is 28.9. The number of nitrogens with zero attached hydrogens (tertiary/aromatic N) is 3. The lowest BCUT2D eigenvalue weighted by molar-refractivity contribution is -0.122. The highest BCUT2D eigenvalue weighted by molar-refractivity contribution is 6.01. The van der Waals surface area contributed by atoms with Gasteiger partial charge in [0.05, 0.1) is 13.7 Å². The number of aliphatic hydroxyl groups excluding tert-OH is 1. The fourth-order valence-corrected chi connectivity index (χ4v) is 4.63. The normalized spacial score (nSPS) is 19.4. The molecular formula is C26H35N7O4. The molecule has 5 N–H and O–H groups in total. The van der Waals surface area contributed by atoms with E-state index in [4.69, 9.17) is 9.84 Å². The Hall–Kier alpha value is -3.70. The summed E-state index contributed by atoms with van der Waals surface area (Å²) >= 11 is 0. The molecule has 1 aromatic carbocycles. The molecule has 2 aliphatic rings. The molecule has 0 radical (unpaired) electrons. The van der Waals surface area contributed by atoms with E-state index < -0.39 is 0 Å². The van der Waals surface area contributed by atoms with Crippen molar-refractivity contribution in [2.24, 2.45) is 11.0 Å². The number of ether oxygens (including phenoxy) is 1. The molecule has 2 heterocycles. The largest absolute Gasteiger partial charge is 0.497 e. The van der Waals surface area contributed by atoms with Crippen LogP contribution in [0.4, 0.5) is 0 Å². The van der Waals surface area contributed by atoms with Crippen molar-refractivity contribution < 1.29 is 19.4 Å². The first-order valence-electron chi connectivity index (χ1n) is 12.6. The van der Waals surface area contributed by atoms with E-state index in [1.165, 1.54) is 0 Å². The van der Waals surface area contributed by atoms with E-state index in [0.717, 1.165) is 49.1 Å². The number of amides is 2. The van der Waals surface area contributed by atoms with E-state index in [9.17, 15) is 9.59 Å². The van der Waals surface area contributed by atoms with Gasteiger partial charge in [0.25, 0.3) is 5.91 Å². The molecule has 1 aromatic heterocycles. The van der Waals surface area contributed by atoms with Gasteiger partial charge in [-0.3, -0.25) is 15.0 Å². The Morgan fingerprint density at radius 1 is 1.19 bits per heavy atom. The van der Waals surface area contributed by atoms with Gasteiger partial charge in [0.1, 0.15) is 11.4 Å². The summed E-state index contributed by atoms with van der Waals surface area (Å²) in [7, 11) is 1.61. The first-order valence-corrected chi connectivity index (χ1v) is 12.6. The van der Waals surface area contributed by atoms with E-state index in [0.29, 0.717) is 29.7 Å². The van der Waals surface area contributed by atoms with Gasteiger partial charge in [-0.15, -0.1) is 10.2 Å². The minimum atomic E-state index is -0.265. The number of aromatic nitrogens is 1. The second-order valence-electron chi connectivity index (χ2n) is 9.46. The predicted octanol–water partition coefficient (Wildman–Crippen LogP) is 1.37. The number of aliphatic hydroxyl groups is 1. The maximum atomic E-state index is 12.8. The van der Waals surface area contributed by atoms with Crippen LogP contribution in [0.25, 0.3) is 0 Å². The number of methoxy groups -OCH3 is 1. The minimum absolute atomic E-state index is 0.0899. The van der Waals surface area contributed by atoms with Crippen LogP contribution < -0.4 is 26.3 Å². The summed E-state index contributed by atoms with van der Waals surface area (Å²) in [6.45, 7) is 2.84. The van der Waals surface area contributed by atoms with Crippen molar-refractivity contribution >= 4 is 17.6 Å². The highest BCUT2D eigenvalue weighted by atomic mass is 16.5. The summed E-state index contributed by atoms with van der Waals surface area (Å²) < 4.78 is 5.24. The number of aryl methyl sites for hydroxylation is 1. The van der Waals surface area contributed by atoms with E-state index in [1.807, 2.05) is 42.4 Å². The Kier molecular flexibility index (Phi) is 8.91. The van der Waals surface area contributed by atoms with Crippen LogP contribution in [0.5, 0.6) is 5.75 Å². The third-order valence-corrected chi connectivity index (χ3v) is 6.56. The van der Waals surface area contributed by atoms with Gasteiger partial charge in [-0.1, -0.05) is 12.1 Å². The van der Waals surface area contributed by atoms with Crippen LogP contribution >= 0.6 is 0 Å². The first-order chi connectivity index (χ1) is 17.9. The smallest absolute Gasteiger partial charge is 0.270 e. The molecule has 11 nitrogen and oxygen atoms in total. The lowest BCUT2D eigenvalue weighted by atomic mass is 9.86. The molecule has 0 saturated heterocycles. The molecule has 11 heteroatoms. The van der Waals surface area contributed by atoms with Gasteiger partial charge in [0, 0.05) is 36.8 Å². The molecule has 2 aromatic rings. The van der Waals surface area contributed by atoms with Crippen molar-refractivity contribution in [2.75, 3.05) is 20.3 Å². The summed E-state index contributed by atoms with van der Waals surface area (Å²) in [6, 6.07) is 11.3. The molecule has 0 unspecified atom stereocenters. The topological polar surface area (TPSA) is 140 Å². The van der Waals surface area contributed by atoms with Gasteiger partial charge in [-0.05, 0) is 68.4 Å². The Morgan fingerprint density at radius 3 is 2.76 bits per heavy atom. The minimum Gasteiger partial charge on any atom is -0.497 e. The standard InChI is InChI=1S/C26H35N7O4/c1-17-12-20(14-23(28-17)26(36)27-15-19-4-3-5-22(13-19)37-2)25-30-32-33(31-25)16-18-6-8-21(9-7-18)29-24(35)10-11-34/h3-5,12-14,18,21,32,34H,6-11,15-16H2,1-2H3,(H,27,36)(H,29,35)(H,30,31). The van der Waals surface area contributed by atoms with E-state index in [2.05, 4.69) is 31.7 Å². The summed E-state index contributed by atoms with van der Waals surface area (Å²) in [5, 5.41) is 21.1. The van der Waals surface area contributed by atoms with Gasteiger partial charge >= 0.3 is 0 Å². The lowest BCUT2D eigenvalue weighted by Gasteiger charge is -2.31. The molecule has 1 saturated carbocycles. The number of pyridine rings is 1. The molecule has 2 amide bonds. The zero-order chi connectivity index (χ0) is 26.2. The van der Waals surface area contributed by atoms with Gasteiger partial charge in [0.2, 0.25) is 5.91 Å². The van der Waals surface area contributed by atoms with Crippen LogP contribution in [0, 0.1) is 12.8 Å². The quantitative estimate of drug-likeness (QED) is 0.324. The third kappa shape index (κ3) is 7.40. The van der Waals surface area contributed by atoms with Crippen molar-refractivity contribution in [3.63, 3.8) is 0 Å². The van der Waals surface area contributed by atoms with Gasteiger partial charge in [-0.2, -0.15) is 0 Å². The highest BCUT2D eigenvalue weighted by Gasteiger charge is 2.26. The van der Waals surface area contributed by atoms with Crippen molar-refractivity contribution in [1.29, 1.82) is 0 Å². The average Bonchev–Trinajstić information content (AvgIpc) is 3.37. The molecule has 37 heavy (non-hydrogen) atoms. The molecule has 1 aliphatic heterocycles. The number of hydrogen-bond donors (Lipinski definition) is 5. The zero-order valence-electron chi connectivity index (χ0n) is 21.3. The molecule has 1 fully saturated rings. The number of carbonyl (C=O) groups excluding carboxylic acids is 2. The first kappa shape index (κ1) is 26.4. The SMILES string of the molecule is COc1cccc(CNC(=O)c2cc(C3=NNN(CC4CCC(NC(=O)CCO)CC4)N3)cc(C)n2)c1. The van der Waals surface area contributed by atoms with Crippen molar-refractivity contribution in [3.8, 4) is 5.75 Å². The number of rotatable bonds is 10. The fourth-order valence-electron chi connectivity index (χ4n) is 4.63. The van der Waals surface area contributed by atoms with Crippen LogP contribution in [0.15, 0.2) is 41.5 Å². The van der Waals surface area contributed by atoms with Crippen molar-refractivity contribution in [3.05, 3.63) is 58.9 Å². The molecule has 0 bridgehead atoms. The van der Waals surface area contributed by atoms with Gasteiger partial charge in [0.15, 0.2) is 5.84 Å². The third-order valence-electron chi connectivity index (χ3n) is 6.56. The Morgan fingerprint density at radius 2 is 2.00 bits per heavy atom. The molecule has 1 aliphatic carbocycles. The monoisotopic (exact) mass is 509 g/mol. The highest BCUT2D eigenvalue weighted by Crippen LogP contribution is 2.25. The number of carbonyl (C=O) groups is 2. The Bertz CT molecular complexity index is 1130. The Balaban J connectivity index is 1.28. The van der Waals surface area contributed by atoms with Crippen LogP contribution in [-0.2, 0) is 11.3 Å². The molecule has 0 atom stereocenters. The van der Waals surface area contributed by atoms with Crippen LogP contribution in [0.3, 0.4) is 0 Å². The number of hydrazone groups is 1. The van der Waals surface area contributed by atoms with E-state index >= 15 is 0 Å². The number of hydrogen-bond acceptors (Lipinski definition) is 9. The fraction of sp³-hybridized carbons (Fsp3) is 0.462. The average molecular weight is 510 g/mol. The molecule has 198 valence electrons. The van der Waals surface area contributed by atoms with Crippen LogP contribution in [0.1, 0.15) is 59.4 Å². The summed E-state index contributed by atoms with van der Waals surface area (Å²) in [5.41, 5.74) is 9.04. The number of amidine groups is 1. The van der Waals surface area contributed by atoms with Crippen molar-refractivity contribution in [1.82, 2.24) is 31.7 Å². The summed E-state index contributed by atoms with van der Waals surface area (Å²) in [5.74, 6) is 1.46. The summed E-state index contributed by atoms with van der Waals surface area (Å²) in [6.07, 6.45) is 3.97. The number of nitrogens with one attached hydrogen (secondary N) is 4. The maximum absolute atomic E-state index is 12.8. The number of benzene rings is 1. The van der Waals surface area contributed by atoms with Gasteiger partial charge < -0.3 is 20.5 Å². The zero-order valence-corrected chi connectivity index (χ0v) is 21.3. The van der Waals surface area contributed by atoms with E-state index in [-0.39, 0.29) is 30.9 Å². The predicted molar refractivity (Wildman–Crippen MR) is 138 cm³/mol.